The lowest BCUT2D eigenvalue weighted by Gasteiger charge is -2.33. The largest absolute Gasteiger partial charge is 0.354 e. The first-order chi connectivity index (χ1) is 17.3. The molecule has 0 aliphatic rings. The number of aryl methyl sites for hydroxylation is 2. The molecule has 3 aromatic carbocycles. The molecule has 1 heterocycles. The molecule has 1 aromatic heterocycles. The summed E-state index contributed by atoms with van der Waals surface area (Å²) in [6.07, 6.45) is 0.857. The Hall–Kier alpha value is -4.00. The highest BCUT2D eigenvalue weighted by molar-refractivity contribution is 6.02. The number of carbonyl (C=O) groups excluding carboxylic acids is 2. The number of anilines is 1. The van der Waals surface area contributed by atoms with Gasteiger partial charge in [0.25, 0.3) is 0 Å². The summed E-state index contributed by atoms with van der Waals surface area (Å²) in [7, 11) is 0. The van der Waals surface area contributed by atoms with Gasteiger partial charge in [0.2, 0.25) is 11.8 Å². The summed E-state index contributed by atoms with van der Waals surface area (Å²) in [5, 5.41) is 11.5. The number of nitrogens with zero attached hydrogens (tertiary/aromatic N) is 4. The summed E-state index contributed by atoms with van der Waals surface area (Å²) in [5.41, 5.74) is 4.86. The van der Waals surface area contributed by atoms with Gasteiger partial charge in [-0.3, -0.25) is 14.5 Å². The normalized spacial score (nSPS) is 12.0. The summed E-state index contributed by atoms with van der Waals surface area (Å²) in [5.74, 6) is 0.00425. The fourth-order valence-electron chi connectivity index (χ4n) is 4.27. The zero-order chi connectivity index (χ0) is 25.7. The molecule has 0 aliphatic heterocycles. The Morgan fingerprint density at radius 3 is 2.44 bits per heavy atom. The maximum absolute atomic E-state index is 14.1. The number of hydrogen-bond acceptors (Lipinski definition) is 4. The van der Waals surface area contributed by atoms with E-state index in [2.05, 4.69) is 29.5 Å². The summed E-state index contributed by atoms with van der Waals surface area (Å²) in [6.45, 7) is 8.68. The molecule has 0 fully saturated rings. The number of carbonyl (C=O) groups is 2. The van der Waals surface area contributed by atoms with Crippen LogP contribution in [0.15, 0.2) is 72.8 Å². The van der Waals surface area contributed by atoms with Gasteiger partial charge in [-0.1, -0.05) is 73.7 Å². The van der Waals surface area contributed by atoms with Crippen LogP contribution in [-0.4, -0.2) is 33.4 Å². The maximum Gasteiger partial charge on any atom is 0.249 e. The Balaban J connectivity index is 1.78. The van der Waals surface area contributed by atoms with E-state index in [1.165, 1.54) is 0 Å². The molecule has 0 aliphatic carbocycles. The number of benzene rings is 3. The van der Waals surface area contributed by atoms with Gasteiger partial charge < -0.3 is 5.32 Å². The highest BCUT2D eigenvalue weighted by Crippen LogP contribution is 2.32. The summed E-state index contributed by atoms with van der Waals surface area (Å²) < 4.78 is 1.59. The van der Waals surface area contributed by atoms with Crippen molar-refractivity contribution in [2.45, 2.75) is 46.7 Å². The van der Waals surface area contributed by atoms with Crippen molar-refractivity contribution in [3.8, 4) is 0 Å². The van der Waals surface area contributed by atoms with E-state index >= 15 is 0 Å². The highest BCUT2D eigenvalue weighted by Gasteiger charge is 2.34. The first-order valence-electron chi connectivity index (χ1n) is 12.4. The van der Waals surface area contributed by atoms with Crippen LogP contribution in [0.25, 0.3) is 11.0 Å². The molecule has 7 nitrogen and oxygen atoms in total. The fourth-order valence-corrected chi connectivity index (χ4v) is 4.27. The first kappa shape index (κ1) is 25.1. The molecular weight excluding hydrogens is 450 g/mol. The smallest absolute Gasteiger partial charge is 0.249 e. The SMILES string of the molecule is Cc1ccc(C)c(N(C(=O)Cn2nnc3ccccc32)C(C(=O)NCCC(C)C)c2ccccc2)c1. The van der Waals surface area contributed by atoms with Gasteiger partial charge in [0.15, 0.2) is 0 Å². The summed E-state index contributed by atoms with van der Waals surface area (Å²) in [6, 6.07) is 22.1. The van der Waals surface area contributed by atoms with Crippen LogP contribution in [0.3, 0.4) is 0 Å². The molecule has 0 radical (unpaired) electrons. The quantitative estimate of drug-likeness (QED) is 0.364. The third-order valence-corrected chi connectivity index (χ3v) is 6.24. The van der Waals surface area contributed by atoms with Crippen molar-refractivity contribution in [2.75, 3.05) is 11.4 Å². The number of amides is 2. The molecule has 7 heteroatoms. The Bertz CT molecular complexity index is 1350. The van der Waals surface area contributed by atoms with E-state index in [-0.39, 0.29) is 18.4 Å². The monoisotopic (exact) mass is 483 g/mol. The maximum atomic E-state index is 14.1. The molecule has 2 amide bonds. The Morgan fingerprint density at radius 2 is 1.69 bits per heavy atom. The minimum Gasteiger partial charge on any atom is -0.354 e. The second-order valence-corrected chi connectivity index (χ2v) is 9.58. The van der Waals surface area contributed by atoms with E-state index in [0.717, 1.165) is 34.1 Å². The van der Waals surface area contributed by atoms with Crippen LogP contribution < -0.4 is 10.2 Å². The Kier molecular flexibility index (Phi) is 7.78. The molecule has 1 atom stereocenters. The molecular formula is C29H33N5O2. The van der Waals surface area contributed by atoms with Crippen LogP contribution >= 0.6 is 0 Å². The standard InChI is InChI=1S/C29H33N5O2/c1-20(2)16-17-30-29(36)28(23-10-6-5-7-11-23)34(26-18-21(3)14-15-22(26)4)27(35)19-33-25-13-9-8-12-24(25)31-32-33/h5-15,18,20,28H,16-17,19H2,1-4H3,(H,30,36). The van der Waals surface area contributed by atoms with Crippen molar-refractivity contribution in [2.24, 2.45) is 5.92 Å². The van der Waals surface area contributed by atoms with Crippen molar-refractivity contribution in [1.29, 1.82) is 0 Å². The van der Waals surface area contributed by atoms with Gasteiger partial charge in [0.05, 0.1) is 5.52 Å². The van der Waals surface area contributed by atoms with Crippen molar-refractivity contribution in [3.63, 3.8) is 0 Å². The second-order valence-electron chi connectivity index (χ2n) is 9.58. The Morgan fingerprint density at radius 1 is 0.972 bits per heavy atom. The molecule has 0 saturated carbocycles. The van der Waals surface area contributed by atoms with E-state index in [1.807, 2.05) is 86.6 Å². The second kappa shape index (κ2) is 11.2. The third kappa shape index (κ3) is 5.62. The molecule has 36 heavy (non-hydrogen) atoms. The molecule has 186 valence electrons. The summed E-state index contributed by atoms with van der Waals surface area (Å²) in [4.78, 5) is 29.4. The predicted molar refractivity (Wildman–Crippen MR) is 143 cm³/mol. The Labute approximate surface area is 212 Å². The van der Waals surface area contributed by atoms with Crippen molar-refractivity contribution >= 4 is 28.5 Å². The van der Waals surface area contributed by atoms with E-state index < -0.39 is 6.04 Å². The molecule has 0 saturated heterocycles. The minimum atomic E-state index is -0.832. The number of aromatic nitrogens is 3. The van der Waals surface area contributed by atoms with Crippen LogP contribution in [0.1, 0.15) is 43.0 Å². The van der Waals surface area contributed by atoms with Gasteiger partial charge in [0.1, 0.15) is 18.1 Å². The van der Waals surface area contributed by atoms with Gasteiger partial charge >= 0.3 is 0 Å². The molecule has 4 aromatic rings. The van der Waals surface area contributed by atoms with Gasteiger partial charge in [-0.25, -0.2) is 4.68 Å². The van der Waals surface area contributed by atoms with Gasteiger partial charge in [-0.2, -0.15) is 0 Å². The number of fused-ring (bicyclic) bond motifs is 1. The van der Waals surface area contributed by atoms with E-state index in [9.17, 15) is 9.59 Å². The zero-order valence-corrected chi connectivity index (χ0v) is 21.3. The van der Waals surface area contributed by atoms with Gasteiger partial charge in [-0.05, 0) is 61.1 Å². The molecule has 0 bridgehead atoms. The highest BCUT2D eigenvalue weighted by atomic mass is 16.2. The van der Waals surface area contributed by atoms with Gasteiger partial charge in [0, 0.05) is 12.2 Å². The fraction of sp³-hybridized carbons (Fsp3) is 0.310. The van der Waals surface area contributed by atoms with Crippen molar-refractivity contribution in [3.05, 3.63) is 89.5 Å². The third-order valence-electron chi connectivity index (χ3n) is 6.24. The van der Waals surface area contributed by atoms with E-state index in [4.69, 9.17) is 0 Å². The lowest BCUT2D eigenvalue weighted by atomic mass is 10.0. The van der Waals surface area contributed by atoms with Crippen molar-refractivity contribution in [1.82, 2.24) is 20.3 Å². The summed E-state index contributed by atoms with van der Waals surface area (Å²) >= 11 is 0. The number of hydrogen-bond donors (Lipinski definition) is 1. The first-order valence-corrected chi connectivity index (χ1v) is 12.4. The number of nitrogens with one attached hydrogen (secondary N) is 1. The lowest BCUT2D eigenvalue weighted by molar-refractivity contribution is -0.127. The molecule has 0 spiro atoms. The number of para-hydroxylation sites is 1. The number of rotatable bonds is 9. The minimum absolute atomic E-state index is 0.0451. The molecule has 1 N–H and O–H groups in total. The predicted octanol–water partition coefficient (Wildman–Crippen LogP) is 4.98. The van der Waals surface area contributed by atoms with E-state index in [1.54, 1.807) is 9.58 Å². The zero-order valence-electron chi connectivity index (χ0n) is 21.3. The topological polar surface area (TPSA) is 80.1 Å². The van der Waals surface area contributed by atoms with Crippen LogP contribution in [0.5, 0.6) is 0 Å². The van der Waals surface area contributed by atoms with Crippen molar-refractivity contribution < 1.29 is 9.59 Å². The van der Waals surface area contributed by atoms with Gasteiger partial charge in [-0.15, -0.1) is 5.10 Å². The average Bonchev–Trinajstić information content (AvgIpc) is 3.27. The van der Waals surface area contributed by atoms with Crippen LogP contribution in [0.4, 0.5) is 5.69 Å². The average molecular weight is 484 g/mol. The van der Waals surface area contributed by atoms with Crippen LogP contribution in [0.2, 0.25) is 0 Å². The molecule has 1 unspecified atom stereocenters. The van der Waals surface area contributed by atoms with Crippen LogP contribution in [-0.2, 0) is 16.1 Å². The molecule has 4 rings (SSSR count). The van der Waals surface area contributed by atoms with E-state index in [0.29, 0.717) is 18.2 Å². The van der Waals surface area contributed by atoms with Crippen LogP contribution in [0, 0.1) is 19.8 Å². The lowest BCUT2D eigenvalue weighted by Crippen LogP contribution is -2.46.